The van der Waals surface area contributed by atoms with E-state index in [1.54, 1.807) is 6.26 Å². The number of carbonyl (C=O) groups excluding carboxylic acids is 1. The van der Waals surface area contributed by atoms with E-state index in [0.29, 0.717) is 0 Å². The Morgan fingerprint density at radius 1 is 1.26 bits per heavy atom. The van der Waals surface area contributed by atoms with Gasteiger partial charge in [0.2, 0.25) is 0 Å². The second-order valence-corrected chi connectivity index (χ2v) is 6.01. The molecule has 0 radical (unpaired) electrons. The van der Waals surface area contributed by atoms with Crippen LogP contribution in [-0.4, -0.2) is 51.7 Å². The molecule has 6 nitrogen and oxygen atoms in total. The molecular formula is C17H24N4O2. The zero-order valence-corrected chi connectivity index (χ0v) is 14.1. The predicted octanol–water partition coefficient (Wildman–Crippen LogP) is 2.07. The number of amides is 1. The first-order valence-corrected chi connectivity index (χ1v) is 8.18. The lowest BCUT2D eigenvalue weighted by Crippen LogP contribution is -2.48. The predicted molar refractivity (Wildman–Crippen MR) is 87.3 cm³/mol. The molecule has 124 valence electrons. The molecule has 0 unspecified atom stereocenters. The average Bonchev–Trinajstić information content (AvgIpc) is 3.15. The van der Waals surface area contributed by atoms with E-state index in [1.165, 1.54) is 0 Å². The number of carbonyl (C=O) groups is 1. The van der Waals surface area contributed by atoms with Crippen molar-refractivity contribution in [1.82, 2.24) is 19.6 Å². The molecule has 2 aromatic heterocycles. The number of aryl methyl sites for hydroxylation is 2. The topological polar surface area (TPSA) is 54.5 Å². The fourth-order valence-electron chi connectivity index (χ4n) is 3.20. The molecule has 0 bridgehead atoms. The standard InChI is InChI=1S/C17H24N4O2/c1-4-21-14(3)16(13(2)18-21)17(22)20-9-7-19(8-10-20)12-15-6-5-11-23-15/h5-6,11H,4,7-10,12H2,1-3H3. The van der Waals surface area contributed by atoms with Gasteiger partial charge < -0.3 is 9.32 Å². The Labute approximate surface area is 136 Å². The van der Waals surface area contributed by atoms with Gasteiger partial charge in [-0.3, -0.25) is 14.4 Å². The third-order valence-electron chi connectivity index (χ3n) is 4.51. The van der Waals surface area contributed by atoms with Gasteiger partial charge in [-0.05, 0) is 32.9 Å². The molecular weight excluding hydrogens is 292 g/mol. The van der Waals surface area contributed by atoms with E-state index < -0.39 is 0 Å². The normalized spacial score (nSPS) is 16.0. The number of rotatable bonds is 4. The van der Waals surface area contributed by atoms with Crippen LogP contribution in [0.5, 0.6) is 0 Å². The van der Waals surface area contributed by atoms with Crippen LogP contribution in [0.1, 0.15) is 34.4 Å². The summed E-state index contributed by atoms with van der Waals surface area (Å²) in [4.78, 5) is 17.1. The fourth-order valence-corrected chi connectivity index (χ4v) is 3.20. The summed E-state index contributed by atoms with van der Waals surface area (Å²) < 4.78 is 7.29. The van der Waals surface area contributed by atoms with Gasteiger partial charge in [0.05, 0.1) is 24.1 Å². The highest BCUT2D eigenvalue weighted by molar-refractivity contribution is 5.96. The Morgan fingerprint density at radius 3 is 2.57 bits per heavy atom. The number of aromatic nitrogens is 2. The minimum absolute atomic E-state index is 0.109. The van der Waals surface area contributed by atoms with Gasteiger partial charge in [0.1, 0.15) is 5.76 Å². The van der Waals surface area contributed by atoms with Gasteiger partial charge in [0.25, 0.3) is 5.91 Å². The Kier molecular flexibility index (Phi) is 4.52. The van der Waals surface area contributed by atoms with Gasteiger partial charge in [-0.2, -0.15) is 5.10 Å². The second kappa shape index (κ2) is 6.58. The van der Waals surface area contributed by atoms with Crippen LogP contribution >= 0.6 is 0 Å². The van der Waals surface area contributed by atoms with Crippen molar-refractivity contribution in [1.29, 1.82) is 0 Å². The lowest BCUT2D eigenvalue weighted by molar-refractivity contribution is 0.0619. The first-order chi connectivity index (χ1) is 11.1. The van der Waals surface area contributed by atoms with Crippen LogP contribution in [-0.2, 0) is 13.1 Å². The summed E-state index contributed by atoms with van der Waals surface area (Å²) >= 11 is 0. The van der Waals surface area contributed by atoms with Crippen LogP contribution in [0, 0.1) is 13.8 Å². The quantitative estimate of drug-likeness (QED) is 0.866. The van der Waals surface area contributed by atoms with Crippen molar-refractivity contribution in [3.63, 3.8) is 0 Å². The smallest absolute Gasteiger partial charge is 0.257 e. The van der Waals surface area contributed by atoms with Crippen molar-refractivity contribution in [3.8, 4) is 0 Å². The minimum Gasteiger partial charge on any atom is -0.468 e. The number of piperazine rings is 1. The third-order valence-corrected chi connectivity index (χ3v) is 4.51. The number of nitrogens with zero attached hydrogens (tertiary/aromatic N) is 4. The van der Waals surface area contributed by atoms with Crippen molar-refractivity contribution in [2.75, 3.05) is 26.2 Å². The summed E-state index contributed by atoms with van der Waals surface area (Å²) in [5, 5.41) is 4.46. The van der Waals surface area contributed by atoms with E-state index in [1.807, 2.05) is 42.5 Å². The zero-order valence-electron chi connectivity index (χ0n) is 14.1. The van der Waals surface area contributed by atoms with Gasteiger partial charge in [-0.25, -0.2) is 0 Å². The average molecular weight is 316 g/mol. The van der Waals surface area contributed by atoms with E-state index in [-0.39, 0.29) is 5.91 Å². The summed E-state index contributed by atoms with van der Waals surface area (Å²) in [5.41, 5.74) is 2.56. The highest BCUT2D eigenvalue weighted by atomic mass is 16.3. The molecule has 1 amide bonds. The van der Waals surface area contributed by atoms with E-state index >= 15 is 0 Å². The first-order valence-electron chi connectivity index (χ1n) is 8.18. The van der Waals surface area contributed by atoms with E-state index in [0.717, 1.165) is 62.0 Å². The van der Waals surface area contributed by atoms with E-state index in [9.17, 15) is 4.79 Å². The molecule has 6 heteroatoms. The highest BCUT2D eigenvalue weighted by Gasteiger charge is 2.26. The molecule has 0 saturated carbocycles. The summed E-state index contributed by atoms with van der Waals surface area (Å²) in [6.07, 6.45) is 1.70. The number of furan rings is 1. The third kappa shape index (κ3) is 3.17. The molecule has 1 saturated heterocycles. The second-order valence-electron chi connectivity index (χ2n) is 6.01. The van der Waals surface area contributed by atoms with Crippen LogP contribution in [0.4, 0.5) is 0 Å². The summed E-state index contributed by atoms with van der Waals surface area (Å²) in [6, 6.07) is 3.90. The van der Waals surface area contributed by atoms with Crippen LogP contribution in [0.15, 0.2) is 22.8 Å². The lowest BCUT2D eigenvalue weighted by atomic mass is 10.1. The first kappa shape index (κ1) is 15.8. The summed E-state index contributed by atoms with van der Waals surface area (Å²) in [5.74, 6) is 1.08. The van der Waals surface area contributed by atoms with Crippen molar-refractivity contribution < 1.29 is 9.21 Å². The maximum absolute atomic E-state index is 12.8. The van der Waals surface area contributed by atoms with Crippen LogP contribution in [0.3, 0.4) is 0 Å². The monoisotopic (exact) mass is 316 g/mol. The molecule has 0 atom stereocenters. The lowest BCUT2D eigenvalue weighted by Gasteiger charge is -2.34. The molecule has 0 aromatic carbocycles. The Morgan fingerprint density at radius 2 is 2.00 bits per heavy atom. The number of hydrogen-bond acceptors (Lipinski definition) is 4. The van der Waals surface area contributed by atoms with Gasteiger partial charge in [0, 0.05) is 38.4 Å². The SMILES string of the molecule is CCn1nc(C)c(C(=O)N2CCN(Cc3ccco3)CC2)c1C. The van der Waals surface area contributed by atoms with E-state index in [4.69, 9.17) is 4.42 Å². The summed E-state index contributed by atoms with van der Waals surface area (Å²) in [7, 11) is 0. The van der Waals surface area contributed by atoms with Gasteiger partial charge in [-0.15, -0.1) is 0 Å². The Bertz CT molecular complexity index is 667. The highest BCUT2D eigenvalue weighted by Crippen LogP contribution is 2.17. The molecule has 1 aliphatic heterocycles. The van der Waals surface area contributed by atoms with Crippen LogP contribution in [0.2, 0.25) is 0 Å². The minimum atomic E-state index is 0.109. The Balaban J connectivity index is 1.63. The maximum atomic E-state index is 12.8. The van der Waals surface area contributed by atoms with Crippen molar-refractivity contribution >= 4 is 5.91 Å². The maximum Gasteiger partial charge on any atom is 0.257 e. The fraction of sp³-hybridized carbons (Fsp3) is 0.529. The molecule has 1 fully saturated rings. The Hall–Kier alpha value is -2.08. The molecule has 0 aliphatic carbocycles. The van der Waals surface area contributed by atoms with Gasteiger partial charge >= 0.3 is 0 Å². The molecule has 0 N–H and O–H groups in total. The van der Waals surface area contributed by atoms with Gasteiger partial charge in [-0.1, -0.05) is 0 Å². The van der Waals surface area contributed by atoms with Crippen LogP contribution in [0.25, 0.3) is 0 Å². The van der Waals surface area contributed by atoms with E-state index in [2.05, 4.69) is 10.00 Å². The zero-order chi connectivity index (χ0) is 16.4. The van der Waals surface area contributed by atoms with Crippen LogP contribution < -0.4 is 0 Å². The van der Waals surface area contributed by atoms with Crippen molar-refractivity contribution in [2.45, 2.75) is 33.9 Å². The van der Waals surface area contributed by atoms with Crippen molar-refractivity contribution in [2.24, 2.45) is 0 Å². The molecule has 23 heavy (non-hydrogen) atoms. The molecule has 1 aliphatic rings. The summed E-state index contributed by atoms with van der Waals surface area (Å²) in [6.45, 7) is 10.8. The van der Waals surface area contributed by atoms with Crippen molar-refractivity contribution in [3.05, 3.63) is 41.1 Å². The number of hydrogen-bond donors (Lipinski definition) is 0. The molecule has 2 aromatic rings. The molecule has 0 spiro atoms. The molecule has 3 rings (SSSR count). The van der Waals surface area contributed by atoms with Gasteiger partial charge in [0.15, 0.2) is 0 Å². The molecule has 3 heterocycles. The largest absolute Gasteiger partial charge is 0.468 e.